The molecule has 0 nitrogen and oxygen atoms in total. The van der Waals surface area contributed by atoms with E-state index in [1.165, 1.54) is 0 Å². The molecule has 1 aromatic carbocycles. The highest BCUT2D eigenvalue weighted by molar-refractivity contribution is 6.34. The summed E-state index contributed by atoms with van der Waals surface area (Å²) in [7, 11) is 5.47. The lowest BCUT2D eigenvalue weighted by Gasteiger charge is -1.96. The summed E-state index contributed by atoms with van der Waals surface area (Å²) in [5.74, 6) is 0. The minimum atomic E-state index is 0.761. The smallest absolute Gasteiger partial charge is 0.0963 e. The Kier molecular flexibility index (Phi) is 1.82. The van der Waals surface area contributed by atoms with Crippen LogP contribution in [0.2, 0.25) is 5.02 Å². The summed E-state index contributed by atoms with van der Waals surface area (Å²) in [5.41, 5.74) is 1.79. The zero-order valence-corrected chi connectivity index (χ0v) is 5.94. The third-order valence-corrected chi connectivity index (χ3v) is 1.61. The summed E-state index contributed by atoms with van der Waals surface area (Å²) in [6, 6.07) is 5.43. The van der Waals surface area contributed by atoms with Crippen LogP contribution in [0, 0.1) is 6.92 Å². The average Bonchev–Trinajstić information content (AvgIpc) is 1.80. The van der Waals surface area contributed by atoms with Gasteiger partial charge in [-0.15, -0.1) is 0 Å². The third kappa shape index (κ3) is 1.49. The molecule has 1 rings (SSSR count). The van der Waals surface area contributed by atoms with Crippen molar-refractivity contribution in [3.05, 3.63) is 28.8 Å². The Morgan fingerprint density at radius 3 is 2.56 bits per heavy atom. The van der Waals surface area contributed by atoms with E-state index in [0.717, 1.165) is 16.0 Å². The zero-order valence-electron chi connectivity index (χ0n) is 5.19. The van der Waals surface area contributed by atoms with Gasteiger partial charge < -0.3 is 0 Å². The fourth-order valence-electron chi connectivity index (χ4n) is 0.668. The van der Waals surface area contributed by atoms with E-state index >= 15 is 0 Å². The zero-order chi connectivity index (χ0) is 6.85. The first-order chi connectivity index (χ1) is 4.20. The molecule has 0 saturated heterocycles. The van der Waals surface area contributed by atoms with Gasteiger partial charge in [-0.1, -0.05) is 29.2 Å². The Hall–Kier alpha value is -0.425. The minimum Gasteiger partial charge on any atom is -0.0963 e. The summed E-state index contributed by atoms with van der Waals surface area (Å²) in [6.07, 6.45) is 0. The lowest BCUT2D eigenvalue weighted by molar-refractivity contribution is 1.49. The highest BCUT2D eigenvalue weighted by Gasteiger charge is 1.90. The van der Waals surface area contributed by atoms with Crippen LogP contribution >= 0.6 is 11.6 Å². The fraction of sp³-hybridized carbons (Fsp3) is 0.143. The summed E-state index contributed by atoms with van der Waals surface area (Å²) < 4.78 is 0. The molecule has 0 aliphatic heterocycles. The lowest BCUT2D eigenvalue weighted by Crippen LogP contribution is -2.00. The van der Waals surface area contributed by atoms with Gasteiger partial charge in [0.2, 0.25) is 0 Å². The number of rotatable bonds is 0. The fourth-order valence-corrected chi connectivity index (χ4v) is 0.785. The molecule has 44 valence electrons. The molecule has 0 N–H and O–H groups in total. The number of benzene rings is 1. The van der Waals surface area contributed by atoms with Crippen LogP contribution in [-0.2, 0) is 0 Å². The van der Waals surface area contributed by atoms with E-state index < -0.39 is 0 Å². The summed E-state index contributed by atoms with van der Waals surface area (Å²) >= 11 is 5.73. The molecule has 1 aromatic rings. The van der Waals surface area contributed by atoms with Gasteiger partial charge in [-0.05, 0) is 18.6 Å². The normalized spacial score (nSPS) is 9.56. The van der Waals surface area contributed by atoms with Crippen LogP contribution in [0.25, 0.3) is 0 Å². The van der Waals surface area contributed by atoms with Crippen LogP contribution in [0.5, 0.6) is 0 Å². The third-order valence-electron chi connectivity index (χ3n) is 1.18. The second kappa shape index (κ2) is 2.44. The van der Waals surface area contributed by atoms with Crippen molar-refractivity contribution < 1.29 is 0 Å². The molecule has 0 aliphatic carbocycles. The van der Waals surface area contributed by atoms with Gasteiger partial charge in [0.25, 0.3) is 0 Å². The van der Waals surface area contributed by atoms with Gasteiger partial charge in [0.05, 0.1) is 0 Å². The molecule has 0 aromatic heterocycles. The van der Waals surface area contributed by atoms with Gasteiger partial charge in [0.1, 0.15) is 7.85 Å². The van der Waals surface area contributed by atoms with Crippen molar-refractivity contribution in [1.82, 2.24) is 0 Å². The lowest BCUT2D eigenvalue weighted by atomic mass is 9.95. The van der Waals surface area contributed by atoms with E-state index in [1.54, 1.807) is 12.1 Å². The standard InChI is InChI=1S/C7H6BCl/c1-5-4-6(8)2-3-7(5)9/h2-4H,1H3. The molecule has 0 aliphatic rings. The SMILES string of the molecule is [B]c1ccc(Cl)c(C)c1. The maximum absolute atomic E-state index is 5.73. The van der Waals surface area contributed by atoms with Crippen molar-refractivity contribution in [2.45, 2.75) is 6.92 Å². The Labute approximate surface area is 61.3 Å². The van der Waals surface area contributed by atoms with Gasteiger partial charge in [-0.25, -0.2) is 0 Å². The molecule has 0 fully saturated rings. The molecule has 2 heteroatoms. The first kappa shape index (κ1) is 6.69. The van der Waals surface area contributed by atoms with Crippen LogP contribution in [-0.4, -0.2) is 7.85 Å². The molecule has 0 heterocycles. The van der Waals surface area contributed by atoms with Crippen molar-refractivity contribution >= 4 is 24.9 Å². The van der Waals surface area contributed by atoms with Gasteiger partial charge in [-0.2, -0.15) is 0 Å². The largest absolute Gasteiger partial charge is 0.113 e. The van der Waals surface area contributed by atoms with Crippen molar-refractivity contribution in [3.63, 3.8) is 0 Å². The first-order valence-electron chi connectivity index (χ1n) is 2.72. The Bertz CT molecular complexity index is 220. The molecule has 0 spiro atoms. The second-order valence-electron chi connectivity index (χ2n) is 2.01. The van der Waals surface area contributed by atoms with Crippen LogP contribution in [0.4, 0.5) is 0 Å². The Morgan fingerprint density at radius 2 is 2.11 bits per heavy atom. The predicted molar refractivity (Wildman–Crippen MR) is 41.6 cm³/mol. The molecular formula is C7H6BCl. The first-order valence-corrected chi connectivity index (χ1v) is 3.09. The van der Waals surface area contributed by atoms with Crippen molar-refractivity contribution in [2.24, 2.45) is 0 Å². The number of halogens is 1. The topological polar surface area (TPSA) is 0 Å². The monoisotopic (exact) mass is 136 g/mol. The van der Waals surface area contributed by atoms with Crippen LogP contribution < -0.4 is 5.46 Å². The molecule has 9 heavy (non-hydrogen) atoms. The summed E-state index contributed by atoms with van der Waals surface area (Å²) in [5, 5.41) is 0.768. The molecule has 0 unspecified atom stereocenters. The van der Waals surface area contributed by atoms with Crippen molar-refractivity contribution in [1.29, 1.82) is 0 Å². The Balaban J connectivity index is 3.17. The predicted octanol–water partition coefficient (Wildman–Crippen LogP) is 1.44. The summed E-state index contributed by atoms with van der Waals surface area (Å²) in [6.45, 7) is 1.93. The van der Waals surface area contributed by atoms with E-state index in [9.17, 15) is 0 Å². The minimum absolute atomic E-state index is 0.761. The van der Waals surface area contributed by atoms with E-state index in [4.69, 9.17) is 19.4 Å². The van der Waals surface area contributed by atoms with Gasteiger partial charge in [0, 0.05) is 5.02 Å². The molecule has 0 saturated carbocycles. The average molecular weight is 136 g/mol. The van der Waals surface area contributed by atoms with E-state index in [-0.39, 0.29) is 0 Å². The Morgan fingerprint density at radius 1 is 1.44 bits per heavy atom. The summed E-state index contributed by atoms with van der Waals surface area (Å²) in [4.78, 5) is 0. The number of aryl methyl sites for hydroxylation is 1. The van der Waals surface area contributed by atoms with Crippen LogP contribution in [0.1, 0.15) is 5.56 Å². The number of hydrogen-bond acceptors (Lipinski definition) is 0. The highest BCUT2D eigenvalue weighted by atomic mass is 35.5. The van der Waals surface area contributed by atoms with E-state index in [2.05, 4.69) is 0 Å². The maximum Gasteiger partial charge on any atom is 0.113 e. The van der Waals surface area contributed by atoms with E-state index in [0.29, 0.717) is 0 Å². The number of hydrogen-bond donors (Lipinski definition) is 0. The second-order valence-corrected chi connectivity index (χ2v) is 2.42. The van der Waals surface area contributed by atoms with Crippen molar-refractivity contribution in [3.8, 4) is 0 Å². The molecule has 2 radical (unpaired) electrons. The molecule has 0 amide bonds. The van der Waals surface area contributed by atoms with Crippen LogP contribution in [0.15, 0.2) is 18.2 Å². The van der Waals surface area contributed by atoms with Gasteiger partial charge >= 0.3 is 0 Å². The van der Waals surface area contributed by atoms with E-state index in [1.807, 2.05) is 13.0 Å². The molecular weight excluding hydrogens is 130 g/mol. The maximum atomic E-state index is 5.73. The van der Waals surface area contributed by atoms with Gasteiger partial charge in [-0.3, -0.25) is 0 Å². The molecule has 0 atom stereocenters. The van der Waals surface area contributed by atoms with Crippen molar-refractivity contribution in [2.75, 3.05) is 0 Å². The highest BCUT2D eigenvalue weighted by Crippen LogP contribution is 2.10. The molecule has 0 bridgehead atoms. The van der Waals surface area contributed by atoms with Crippen LogP contribution in [0.3, 0.4) is 0 Å². The quantitative estimate of drug-likeness (QED) is 0.474. The van der Waals surface area contributed by atoms with Gasteiger partial charge in [0.15, 0.2) is 0 Å².